The number of primary amides is 1. The number of likely N-dealkylation sites (tertiary alicyclic amines) is 2. The van der Waals surface area contributed by atoms with Crippen LogP contribution in [0.5, 0.6) is 11.5 Å². The molecule has 2 fully saturated rings. The fourth-order valence-electron chi connectivity index (χ4n) is 8.65. The van der Waals surface area contributed by atoms with Gasteiger partial charge in [0, 0.05) is 51.6 Å². The first-order valence-corrected chi connectivity index (χ1v) is 28.8. The van der Waals surface area contributed by atoms with Gasteiger partial charge < -0.3 is 41.0 Å². The van der Waals surface area contributed by atoms with Gasteiger partial charge in [0.25, 0.3) is 26.4 Å². The molecule has 2 amide bonds. The number of sulfonamides is 1. The fraction of sp³-hybridized carbons (Fsp3) is 0.560. The van der Waals surface area contributed by atoms with Crippen LogP contribution in [0, 0.1) is 0 Å². The number of nitrogens with two attached hydrogens (primary N) is 2. The normalized spacial score (nSPS) is 17.7. The van der Waals surface area contributed by atoms with Crippen molar-refractivity contribution >= 4 is 58.3 Å². The van der Waals surface area contributed by atoms with Crippen LogP contribution in [0.3, 0.4) is 0 Å². The van der Waals surface area contributed by atoms with Crippen LogP contribution in [0.1, 0.15) is 132 Å². The summed E-state index contributed by atoms with van der Waals surface area (Å²) in [5.74, 6) is -0.642. The number of hydrogen-bond donors (Lipinski definition) is 5. The van der Waals surface area contributed by atoms with Crippen molar-refractivity contribution in [2.24, 2.45) is 25.6 Å². The van der Waals surface area contributed by atoms with Crippen molar-refractivity contribution in [2.75, 3.05) is 58.7 Å². The zero-order chi connectivity index (χ0) is 59.3. The van der Waals surface area contributed by atoms with E-state index in [1.807, 2.05) is 27.7 Å². The minimum atomic E-state index is -4.06. The number of benzene rings is 2. The Morgan fingerprint density at radius 3 is 2.03 bits per heavy atom. The van der Waals surface area contributed by atoms with Gasteiger partial charge in [0.05, 0.1) is 51.2 Å². The van der Waals surface area contributed by atoms with Crippen molar-refractivity contribution in [2.45, 2.75) is 127 Å². The highest BCUT2D eigenvalue weighted by Gasteiger charge is 2.27. The first-order chi connectivity index (χ1) is 37.6. The van der Waals surface area contributed by atoms with E-state index in [-0.39, 0.29) is 62.5 Å². The van der Waals surface area contributed by atoms with Gasteiger partial charge in [-0.15, -0.1) is 0 Å². The molecule has 5 heterocycles. The molecule has 2 atom stereocenters. The van der Waals surface area contributed by atoms with Crippen LogP contribution in [0.4, 0.5) is 5.69 Å². The number of aromatic nitrogens is 6. The topological polar surface area (TPSA) is 285 Å². The maximum absolute atomic E-state index is 13.2. The number of anilines is 1. The molecule has 0 aliphatic carbocycles. The lowest BCUT2D eigenvalue weighted by Gasteiger charge is -2.19. The standard InChI is InChI=1S/C25H36N6O4S.C18H23ClN4O5S.C7H16N2/c1-5-8-20-22-23(31(4)29-20)25(32)28-24(27-22)19-16-18(10-11-21(19)35-15-6-2)36(33,34)26-13-12-17-9-7-14-30(17)3;1-4-6-13-15(16(17(20)24)23(3)22-13)21-18(25)12-10-11(29(19,26)27)7-8-14(12)28-9-5-2;1-9-6-2-3-7(9)4-5-8/h10-11,16-17,26H,5-9,12-15H2,1-4H3,(H,27,28,32);7-8,10H,4-6,9H2,1-3H3,(H2,20,24)(H,21,25);7H,2-6,8H2,1H3/i3D3;;1D3. The number of H-pyrrole nitrogens is 1. The van der Waals surface area contributed by atoms with Crippen molar-refractivity contribution in [3.05, 3.63) is 69.4 Å². The van der Waals surface area contributed by atoms with Crippen molar-refractivity contribution in [3.63, 3.8) is 0 Å². The van der Waals surface area contributed by atoms with Crippen LogP contribution in [0.25, 0.3) is 22.4 Å². The number of halogens is 1. The Hall–Kier alpha value is -5.43. The number of aryl methyl sites for hydroxylation is 4. The smallest absolute Gasteiger partial charge is 0.277 e. The third-order valence-corrected chi connectivity index (χ3v) is 15.1. The number of amides is 2. The van der Waals surface area contributed by atoms with E-state index in [0.717, 1.165) is 51.0 Å². The van der Waals surface area contributed by atoms with E-state index in [1.54, 1.807) is 25.1 Å². The van der Waals surface area contributed by atoms with E-state index < -0.39 is 44.8 Å². The van der Waals surface area contributed by atoms with E-state index >= 15 is 0 Å². The molecular weight excluding hydrogens is 1010 g/mol. The number of carbonyl (C=O) groups is 2. The number of ether oxygens (including phenoxy) is 2. The molecule has 24 heteroatoms. The second-order valence-electron chi connectivity index (χ2n) is 18.0. The van der Waals surface area contributed by atoms with Crippen molar-refractivity contribution in [1.82, 2.24) is 44.1 Å². The summed E-state index contributed by atoms with van der Waals surface area (Å²) in [6.45, 7) is 6.25. The second kappa shape index (κ2) is 27.4. The molecule has 3 aromatic heterocycles. The zero-order valence-electron chi connectivity index (χ0n) is 49.0. The summed E-state index contributed by atoms with van der Waals surface area (Å²) in [7, 11) is 0.655. The Morgan fingerprint density at radius 1 is 0.838 bits per heavy atom. The van der Waals surface area contributed by atoms with Gasteiger partial charge in [-0.05, 0) is 134 Å². The molecule has 7 rings (SSSR count). The Labute approximate surface area is 448 Å². The highest BCUT2D eigenvalue weighted by molar-refractivity contribution is 8.13. The molecule has 0 radical (unpaired) electrons. The molecule has 2 unspecified atom stereocenters. The maximum atomic E-state index is 13.2. The molecule has 2 aliphatic rings. The first-order valence-electron chi connectivity index (χ1n) is 28.0. The molecule has 2 saturated heterocycles. The molecule has 7 N–H and O–H groups in total. The predicted molar refractivity (Wildman–Crippen MR) is 288 cm³/mol. The summed E-state index contributed by atoms with van der Waals surface area (Å²) in [5, 5.41) is 11.3. The third-order valence-electron chi connectivity index (χ3n) is 12.3. The lowest BCUT2D eigenvalue weighted by molar-refractivity contribution is 0.0992. The van der Waals surface area contributed by atoms with Crippen LogP contribution < -0.4 is 36.5 Å². The van der Waals surface area contributed by atoms with Crippen molar-refractivity contribution in [1.29, 1.82) is 0 Å². The summed E-state index contributed by atoms with van der Waals surface area (Å²) in [6, 6.07) is 8.18. The Bertz CT molecular complexity index is 3230. The van der Waals surface area contributed by atoms with Crippen LogP contribution >= 0.6 is 10.7 Å². The van der Waals surface area contributed by atoms with Gasteiger partial charge in [-0.2, -0.15) is 10.2 Å². The first kappa shape index (κ1) is 50.7. The predicted octanol–water partition coefficient (Wildman–Crippen LogP) is 5.70. The highest BCUT2D eigenvalue weighted by Crippen LogP contribution is 2.32. The Morgan fingerprint density at radius 2 is 1.43 bits per heavy atom. The molecule has 5 aromatic rings. The van der Waals surface area contributed by atoms with Crippen LogP contribution in [0.2, 0.25) is 0 Å². The van der Waals surface area contributed by atoms with Crippen molar-refractivity contribution in [3.8, 4) is 22.9 Å². The zero-order valence-corrected chi connectivity index (χ0v) is 45.4. The SMILES string of the molecule is CCCOc1ccc(S(=O)(=O)Cl)cc1C(=O)Nc1c(CCC)nn(C)c1C(N)=O.[2H]C([2H])([2H])N1CCCC1CCN.[2H]C([2H])([2H])N1CCCC1CCNS(=O)(=O)c1ccc(OCCC)c(-c2nc3c(CCC)nn(C)c3c(=O)[nH]2)c1. The number of hydrogen-bond acceptors (Lipinski definition) is 15. The monoisotopic (exact) mass is 1090 g/mol. The number of nitrogens with one attached hydrogen (secondary N) is 3. The van der Waals surface area contributed by atoms with Gasteiger partial charge >= 0.3 is 0 Å². The second-order valence-corrected chi connectivity index (χ2v) is 22.3. The summed E-state index contributed by atoms with van der Waals surface area (Å²) in [5.41, 5.74) is 13.0. The lowest BCUT2D eigenvalue weighted by atomic mass is 10.1. The fourth-order valence-corrected chi connectivity index (χ4v) is 10.5. The number of rotatable bonds is 22. The van der Waals surface area contributed by atoms with Crippen LogP contribution in [-0.2, 0) is 46.0 Å². The van der Waals surface area contributed by atoms with Gasteiger partial charge in [-0.3, -0.25) is 23.7 Å². The summed E-state index contributed by atoms with van der Waals surface area (Å²) in [4.78, 5) is 48.1. The average molecular weight is 1090 g/mol. The van der Waals surface area contributed by atoms with Gasteiger partial charge in [-0.25, -0.2) is 26.5 Å². The van der Waals surface area contributed by atoms with Crippen molar-refractivity contribution < 1.29 is 44.1 Å². The average Bonchev–Trinajstić information content (AvgIpc) is 4.35. The van der Waals surface area contributed by atoms with Gasteiger partial charge in [0.1, 0.15) is 28.5 Å². The molecular formula is C50H75ClN12O9S2. The maximum Gasteiger partial charge on any atom is 0.277 e. The third kappa shape index (κ3) is 15.3. The van der Waals surface area contributed by atoms with Crippen LogP contribution in [-0.4, -0.2) is 133 Å². The molecule has 0 bridgehead atoms. The van der Waals surface area contributed by atoms with E-state index in [1.165, 1.54) is 38.5 Å². The quantitative estimate of drug-likeness (QED) is 0.0520. The molecule has 74 heavy (non-hydrogen) atoms. The summed E-state index contributed by atoms with van der Waals surface area (Å²) >= 11 is 0. The molecule has 0 saturated carbocycles. The number of carbonyl (C=O) groups excluding carboxylic acids is 2. The number of aromatic amines is 1. The van der Waals surface area contributed by atoms with Gasteiger partial charge in [0.2, 0.25) is 10.0 Å². The summed E-state index contributed by atoms with van der Waals surface area (Å²) < 4.78 is 112. The van der Waals surface area contributed by atoms with E-state index in [0.29, 0.717) is 98.7 Å². The summed E-state index contributed by atoms with van der Waals surface area (Å²) in [6.07, 6.45) is 8.76. The van der Waals surface area contributed by atoms with Gasteiger partial charge in [-0.1, -0.05) is 40.5 Å². The lowest BCUT2D eigenvalue weighted by Crippen LogP contribution is -2.31. The Kier molecular flexibility index (Phi) is 18.8. The minimum Gasteiger partial charge on any atom is -0.493 e. The number of fused-ring (bicyclic) bond motifs is 1. The molecule has 2 aliphatic heterocycles. The molecule has 21 nitrogen and oxygen atoms in total. The van der Waals surface area contributed by atoms with Crippen LogP contribution in [0.15, 0.2) is 51.0 Å². The molecule has 0 spiro atoms. The molecule has 2 aromatic carbocycles. The largest absolute Gasteiger partial charge is 0.493 e. The molecule has 408 valence electrons. The van der Waals surface area contributed by atoms with E-state index in [4.69, 9.17) is 44.8 Å². The van der Waals surface area contributed by atoms with E-state index in [2.05, 4.69) is 25.2 Å². The minimum absolute atomic E-state index is 0.0110. The highest BCUT2D eigenvalue weighted by atomic mass is 35.7. The van der Waals surface area contributed by atoms with Gasteiger partial charge in [0.15, 0.2) is 5.52 Å². The number of nitrogens with zero attached hydrogens (tertiary/aromatic N) is 7. The van der Waals surface area contributed by atoms with E-state index in [9.17, 15) is 31.2 Å². The Balaban J connectivity index is 0.000000250.